The Labute approximate surface area is 115 Å². The van der Waals surface area contributed by atoms with Crippen LogP contribution in [0.25, 0.3) is 10.9 Å². The molecule has 18 heavy (non-hydrogen) atoms. The van der Waals surface area contributed by atoms with Crippen molar-refractivity contribution in [3.05, 3.63) is 36.0 Å². The van der Waals surface area contributed by atoms with Crippen molar-refractivity contribution < 1.29 is 0 Å². The van der Waals surface area contributed by atoms with Crippen LogP contribution in [0.1, 0.15) is 24.8 Å². The molecule has 2 aromatic rings. The van der Waals surface area contributed by atoms with Gasteiger partial charge in [-0.05, 0) is 37.6 Å². The summed E-state index contributed by atoms with van der Waals surface area (Å²) in [7, 11) is 2.14. The molecule has 0 amide bonds. The van der Waals surface area contributed by atoms with Gasteiger partial charge in [-0.2, -0.15) is 0 Å². The number of rotatable bonds is 2. The summed E-state index contributed by atoms with van der Waals surface area (Å²) >= 11 is 0. The van der Waals surface area contributed by atoms with Crippen LogP contribution < -0.4 is 0 Å². The highest BCUT2D eigenvalue weighted by atomic mass is 35.5. The van der Waals surface area contributed by atoms with Gasteiger partial charge >= 0.3 is 0 Å². The van der Waals surface area contributed by atoms with Crippen LogP contribution in [0.5, 0.6) is 0 Å². The third-order valence-electron chi connectivity index (χ3n) is 3.82. The SMILES string of the molecule is Cl.Cn1cc(CN2CCCCC2)c2ccccc21. The molecule has 1 fully saturated rings. The largest absolute Gasteiger partial charge is 0.350 e. The van der Waals surface area contributed by atoms with Crippen molar-refractivity contribution in [3.8, 4) is 0 Å². The molecule has 0 saturated carbocycles. The van der Waals surface area contributed by atoms with E-state index in [4.69, 9.17) is 0 Å². The van der Waals surface area contributed by atoms with Gasteiger partial charge in [-0.3, -0.25) is 4.90 Å². The first-order valence-electron chi connectivity index (χ1n) is 6.60. The number of hydrogen-bond donors (Lipinski definition) is 0. The van der Waals surface area contributed by atoms with E-state index in [1.54, 1.807) is 0 Å². The maximum absolute atomic E-state index is 2.59. The molecular weight excluding hydrogens is 244 g/mol. The highest BCUT2D eigenvalue weighted by Gasteiger charge is 2.13. The van der Waals surface area contributed by atoms with Gasteiger partial charge in [0.2, 0.25) is 0 Å². The van der Waals surface area contributed by atoms with Crippen molar-refractivity contribution in [2.24, 2.45) is 7.05 Å². The topological polar surface area (TPSA) is 8.17 Å². The predicted molar refractivity (Wildman–Crippen MR) is 79.3 cm³/mol. The molecule has 3 rings (SSSR count). The first-order chi connectivity index (χ1) is 8.34. The number of aryl methyl sites for hydroxylation is 1. The molecule has 2 heterocycles. The van der Waals surface area contributed by atoms with E-state index in [2.05, 4.69) is 47.0 Å². The second-order valence-corrected chi connectivity index (χ2v) is 5.12. The first kappa shape index (κ1) is 13.4. The summed E-state index contributed by atoms with van der Waals surface area (Å²) in [6.45, 7) is 3.65. The van der Waals surface area contributed by atoms with Gasteiger partial charge in [0.25, 0.3) is 0 Å². The lowest BCUT2D eigenvalue weighted by Crippen LogP contribution is -2.28. The molecule has 0 bridgehead atoms. The second-order valence-electron chi connectivity index (χ2n) is 5.12. The molecule has 0 spiro atoms. The number of likely N-dealkylation sites (tertiary alicyclic amines) is 1. The Kier molecular flexibility index (Phi) is 4.31. The Morgan fingerprint density at radius 3 is 2.56 bits per heavy atom. The number of para-hydroxylation sites is 1. The molecule has 1 aromatic carbocycles. The van der Waals surface area contributed by atoms with Crippen molar-refractivity contribution in [1.29, 1.82) is 0 Å². The minimum absolute atomic E-state index is 0. The van der Waals surface area contributed by atoms with Gasteiger partial charge in [0.15, 0.2) is 0 Å². The van der Waals surface area contributed by atoms with Crippen LogP contribution in [0.15, 0.2) is 30.5 Å². The third kappa shape index (κ3) is 2.55. The number of piperidine rings is 1. The van der Waals surface area contributed by atoms with Gasteiger partial charge in [0.05, 0.1) is 0 Å². The van der Waals surface area contributed by atoms with Crippen LogP contribution >= 0.6 is 12.4 Å². The fourth-order valence-electron chi connectivity index (χ4n) is 2.91. The monoisotopic (exact) mass is 264 g/mol. The van der Waals surface area contributed by atoms with Gasteiger partial charge in [-0.25, -0.2) is 0 Å². The maximum Gasteiger partial charge on any atom is 0.0481 e. The van der Waals surface area contributed by atoms with Crippen LogP contribution in [0.2, 0.25) is 0 Å². The smallest absolute Gasteiger partial charge is 0.0481 e. The molecule has 2 nitrogen and oxygen atoms in total. The van der Waals surface area contributed by atoms with Crippen molar-refractivity contribution in [2.45, 2.75) is 25.8 Å². The third-order valence-corrected chi connectivity index (χ3v) is 3.82. The molecule has 0 N–H and O–H groups in total. The van der Waals surface area contributed by atoms with E-state index in [0.717, 1.165) is 6.54 Å². The van der Waals surface area contributed by atoms with Crippen LogP contribution in [-0.2, 0) is 13.6 Å². The maximum atomic E-state index is 2.59. The number of hydrogen-bond acceptors (Lipinski definition) is 1. The summed E-state index contributed by atoms with van der Waals surface area (Å²) in [5.74, 6) is 0. The molecule has 0 unspecified atom stereocenters. The van der Waals surface area contributed by atoms with Crippen LogP contribution in [0, 0.1) is 0 Å². The Hall–Kier alpha value is -0.990. The summed E-state index contributed by atoms with van der Waals surface area (Å²) in [5, 5.41) is 1.42. The minimum Gasteiger partial charge on any atom is -0.350 e. The van der Waals surface area contributed by atoms with Gasteiger partial charge in [-0.1, -0.05) is 24.6 Å². The standard InChI is InChI=1S/C15H20N2.ClH/c1-16-11-13(12-17-9-5-2-6-10-17)14-7-3-4-8-15(14)16;/h3-4,7-8,11H,2,5-6,9-10,12H2,1H3;1H. The van der Waals surface area contributed by atoms with Crippen LogP contribution in [0.3, 0.4) is 0 Å². The summed E-state index contributed by atoms with van der Waals surface area (Å²) in [6.07, 6.45) is 6.43. The number of benzene rings is 1. The zero-order valence-corrected chi connectivity index (χ0v) is 11.7. The number of fused-ring (bicyclic) bond motifs is 1. The normalized spacial score (nSPS) is 16.7. The quantitative estimate of drug-likeness (QED) is 0.805. The Morgan fingerprint density at radius 1 is 1.06 bits per heavy atom. The molecule has 1 aliphatic heterocycles. The van der Waals surface area contributed by atoms with E-state index in [1.807, 2.05) is 0 Å². The zero-order chi connectivity index (χ0) is 11.7. The lowest BCUT2D eigenvalue weighted by molar-refractivity contribution is 0.221. The highest BCUT2D eigenvalue weighted by molar-refractivity contribution is 5.85. The number of aromatic nitrogens is 1. The van der Waals surface area contributed by atoms with Crippen molar-refractivity contribution >= 4 is 23.3 Å². The second kappa shape index (κ2) is 5.77. The molecule has 1 saturated heterocycles. The minimum atomic E-state index is 0. The average Bonchev–Trinajstić information content (AvgIpc) is 2.69. The lowest BCUT2D eigenvalue weighted by atomic mass is 10.1. The van der Waals surface area contributed by atoms with Crippen molar-refractivity contribution in [3.63, 3.8) is 0 Å². The number of nitrogens with zero attached hydrogens (tertiary/aromatic N) is 2. The van der Waals surface area contributed by atoms with Gasteiger partial charge in [-0.15, -0.1) is 12.4 Å². The van der Waals surface area contributed by atoms with E-state index < -0.39 is 0 Å². The Morgan fingerprint density at radius 2 is 1.78 bits per heavy atom. The van der Waals surface area contributed by atoms with Gasteiger partial charge in [0.1, 0.15) is 0 Å². The highest BCUT2D eigenvalue weighted by Crippen LogP contribution is 2.22. The van der Waals surface area contributed by atoms with Crippen molar-refractivity contribution in [2.75, 3.05) is 13.1 Å². The first-order valence-corrected chi connectivity index (χ1v) is 6.60. The summed E-state index contributed by atoms with van der Waals surface area (Å²) in [5.41, 5.74) is 2.82. The van der Waals surface area contributed by atoms with E-state index in [0.29, 0.717) is 0 Å². The Bertz CT molecular complexity index is 512. The molecule has 1 aliphatic rings. The van der Waals surface area contributed by atoms with Crippen molar-refractivity contribution in [1.82, 2.24) is 9.47 Å². The van der Waals surface area contributed by atoms with Crippen LogP contribution in [0.4, 0.5) is 0 Å². The molecule has 0 aliphatic carbocycles. The van der Waals surface area contributed by atoms with E-state index >= 15 is 0 Å². The summed E-state index contributed by atoms with van der Waals surface area (Å²) in [4.78, 5) is 2.59. The molecule has 1 aromatic heterocycles. The molecule has 0 radical (unpaired) electrons. The van der Waals surface area contributed by atoms with E-state index in [1.165, 1.54) is 48.8 Å². The summed E-state index contributed by atoms with van der Waals surface area (Å²) < 4.78 is 2.24. The van der Waals surface area contributed by atoms with Crippen LogP contribution in [-0.4, -0.2) is 22.6 Å². The van der Waals surface area contributed by atoms with Gasteiger partial charge < -0.3 is 4.57 Å². The molecule has 0 atom stereocenters. The average molecular weight is 265 g/mol. The van der Waals surface area contributed by atoms with Gasteiger partial charge in [0, 0.05) is 30.7 Å². The Balaban J connectivity index is 0.00000120. The van der Waals surface area contributed by atoms with E-state index in [9.17, 15) is 0 Å². The predicted octanol–water partition coefficient (Wildman–Crippen LogP) is 3.59. The lowest BCUT2D eigenvalue weighted by Gasteiger charge is -2.26. The molecule has 3 heteroatoms. The fraction of sp³-hybridized carbons (Fsp3) is 0.467. The van der Waals surface area contributed by atoms with E-state index in [-0.39, 0.29) is 12.4 Å². The summed E-state index contributed by atoms with van der Waals surface area (Å²) in [6, 6.07) is 8.71. The molecular formula is C15H21ClN2. The number of halogens is 1. The zero-order valence-electron chi connectivity index (χ0n) is 10.9. The fourth-order valence-corrected chi connectivity index (χ4v) is 2.91. The molecule has 98 valence electrons.